The third kappa shape index (κ3) is 3.90. The van der Waals surface area contributed by atoms with E-state index in [-0.39, 0.29) is 5.97 Å². The summed E-state index contributed by atoms with van der Waals surface area (Å²) in [5.41, 5.74) is 6.52. The normalized spacial score (nSPS) is 11.9. The van der Waals surface area contributed by atoms with Crippen LogP contribution in [0.1, 0.15) is 26.8 Å². The second-order valence-electron chi connectivity index (χ2n) is 4.41. The van der Waals surface area contributed by atoms with Gasteiger partial charge in [-0.05, 0) is 11.6 Å². The monoisotopic (exact) mass is 304 g/mol. The molecule has 0 saturated carbocycles. The number of primary amides is 1. The van der Waals surface area contributed by atoms with Gasteiger partial charge in [0, 0.05) is 16.8 Å². The first kappa shape index (κ1) is 15.2. The number of hydrogen-bond acceptors (Lipinski definition) is 5. The maximum Gasteiger partial charge on any atom is 0.327 e. The number of carbonyl (C=O) groups excluding carboxylic acids is 2. The van der Waals surface area contributed by atoms with Crippen molar-refractivity contribution in [3.8, 4) is 0 Å². The molecule has 1 aromatic carbocycles. The minimum Gasteiger partial charge on any atom is -0.468 e. The molecule has 1 aromatic heterocycles. The SMILES string of the molecule is COC(=O)C(NCc1cc(C(N)=O)cs1)c1ccccc1. The van der Waals surface area contributed by atoms with E-state index in [1.54, 1.807) is 11.4 Å². The zero-order valence-corrected chi connectivity index (χ0v) is 12.4. The van der Waals surface area contributed by atoms with Crippen LogP contribution in [0.5, 0.6) is 0 Å². The van der Waals surface area contributed by atoms with E-state index < -0.39 is 11.9 Å². The largest absolute Gasteiger partial charge is 0.468 e. The Morgan fingerprint density at radius 2 is 2.05 bits per heavy atom. The standard InChI is InChI=1S/C15H16N2O3S/c1-20-15(19)13(10-5-3-2-4-6-10)17-8-12-7-11(9-21-12)14(16)18/h2-7,9,13,17H,8H2,1H3,(H2,16,18). The number of nitrogens with two attached hydrogens (primary N) is 1. The van der Waals surface area contributed by atoms with Crippen LogP contribution < -0.4 is 11.1 Å². The number of hydrogen-bond donors (Lipinski definition) is 2. The van der Waals surface area contributed by atoms with Crippen molar-refractivity contribution < 1.29 is 14.3 Å². The molecule has 1 unspecified atom stereocenters. The summed E-state index contributed by atoms with van der Waals surface area (Å²) >= 11 is 1.42. The molecule has 1 amide bonds. The highest BCUT2D eigenvalue weighted by atomic mass is 32.1. The van der Waals surface area contributed by atoms with Crippen LogP contribution >= 0.6 is 11.3 Å². The van der Waals surface area contributed by atoms with Crippen molar-refractivity contribution >= 4 is 23.2 Å². The summed E-state index contributed by atoms with van der Waals surface area (Å²) in [7, 11) is 1.36. The Balaban J connectivity index is 2.09. The van der Waals surface area contributed by atoms with Crippen molar-refractivity contribution in [1.82, 2.24) is 5.32 Å². The molecule has 2 rings (SSSR count). The third-order valence-corrected chi connectivity index (χ3v) is 3.93. The Bertz CT molecular complexity index is 625. The highest BCUT2D eigenvalue weighted by molar-refractivity contribution is 7.10. The van der Waals surface area contributed by atoms with Crippen LogP contribution in [0.3, 0.4) is 0 Å². The molecule has 6 heteroatoms. The molecule has 0 aliphatic rings. The number of nitrogens with one attached hydrogen (secondary N) is 1. The lowest BCUT2D eigenvalue weighted by Crippen LogP contribution is -2.29. The quantitative estimate of drug-likeness (QED) is 0.798. The van der Waals surface area contributed by atoms with Crippen LogP contribution in [-0.4, -0.2) is 19.0 Å². The first-order valence-electron chi connectivity index (χ1n) is 6.35. The van der Waals surface area contributed by atoms with E-state index in [1.807, 2.05) is 30.3 Å². The van der Waals surface area contributed by atoms with Crippen molar-refractivity contribution in [2.24, 2.45) is 5.73 Å². The first-order chi connectivity index (χ1) is 10.1. The number of esters is 1. The molecule has 3 N–H and O–H groups in total. The van der Waals surface area contributed by atoms with Crippen molar-refractivity contribution in [3.05, 3.63) is 57.8 Å². The Labute approximate surface area is 126 Å². The van der Waals surface area contributed by atoms with Gasteiger partial charge in [-0.2, -0.15) is 0 Å². The minimum atomic E-state index is -0.546. The van der Waals surface area contributed by atoms with Crippen molar-refractivity contribution in [3.63, 3.8) is 0 Å². The number of methoxy groups -OCH3 is 1. The number of rotatable bonds is 6. The van der Waals surface area contributed by atoms with Gasteiger partial charge in [0.25, 0.3) is 0 Å². The predicted octanol–water partition coefficient (Wildman–Crippen LogP) is 1.85. The van der Waals surface area contributed by atoms with Crippen molar-refractivity contribution in [2.75, 3.05) is 7.11 Å². The molecule has 1 heterocycles. The summed E-state index contributed by atoms with van der Waals surface area (Å²) in [5, 5.41) is 4.84. The van der Waals surface area contributed by atoms with E-state index in [0.717, 1.165) is 10.4 Å². The zero-order chi connectivity index (χ0) is 15.2. The maximum absolute atomic E-state index is 11.9. The van der Waals surface area contributed by atoms with Gasteiger partial charge in [-0.15, -0.1) is 11.3 Å². The van der Waals surface area contributed by atoms with E-state index in [9.17, 15) is 9.59 Å². The second kappa shape index (κ2) is 7.01. The molecule has 21 heavy (non-hydrogen) atoms. The van der Waals surface area contributed by atoms with Crippen LogP contribution in [0.25, 0.3) is 0 Å². The molecule has 0 aliphatic carbocycles. The van der Waals surface area contributed by atoms with Gasteiger partial charge in [-0.25, -0.2) is 4.79 Å². The lowest BCUT2D eigenvalue weighted by molar-refractivity contribution is -0.143. The smallest absolute Gasteiger partial charge is 0.327 e. The highest BCUT2D eigenvalue weighted by Gasteiger charge is 2.20. The van der Waals surface area contributed by atoms with E-state index in [0.29, 0.717) is 12.1 Å². The summed E-state index contributed by atoms with van der Waals surface area (Å²) < 4.78 is 4.83. The first-order valence-corrected chi connectivity index (χ1v) is 7.23. The van der Waals surface area contributed by atoms with Gasteiger partial charge < -0.3 is 10.5 Å². The number of benzene rings is 1. The van der Waals surface area contributed by atoms with Gasteiger partial charge in [0.1, 0.15) is 6.04 Å². The predicted molar refractivity (Wildman–Crippen MR) is 80.9 cm³/mol. The molecule has 110 valence electrons. The Morgan fingerprint density at radius 1 is 1.33 bits per heavy atom. The fourth-order valence-corrected chi connectivity index (χ4v) is 2.73. The van der Waals surface area contributed by atoms with Crippen LogP contribution in [0.4, 0.5) is 0 Å². The Kier molecular flexibility index (Phi) is 5.08. The molecule has 0 saturated heterocycles. The van der Waals surface area contributed by atoms with Crippen LogP contribution in [-0.2, 0) is 16.1 Å². The molecule has 1 atom stereocenters. The van der Waals surface area contributed by atoms with Crippen LogP contribution in [0.15, 0.2) is 41.8 Å². The lowest BCUT2D eigenvalue weighted by Gasteiger charge is -2.16. The van der Waals surface area contributed by atoms with Gasteiger partial charge in [0.2, 0.25) is 5.91 Å². The summed E-state index contributed by atoms with van der Waals surface area (Å²) in [6.07, 6.45) is 0. The summed E-state index contributed by atoms with van der Waals surface area (Å²) in [5.74, 6) is -0.807. The summed E-state index contributed by atoms with van der Waals surface area (Å²) in [6, 6.07) is 10.5. The maximum atomic E-state index is 11.9. The third-order valence-electron chi connectivity index (χ3n) is 2.99. The molecule has 5 nitrogen and oxygen atoms in total. The van der Waals surface area contributed by atoms with Gasteiger partial charge in [-0.3, -0.25) is 10.1 Å². The molecule has 0 radical (unpaired) electrons. The van der Waals surface area contributed by atoms with Gasteiger partial charge in [0.15, 0.2) is 0 Å². The average molecular weight is 304 g/mol. The number of ether oxygens (including phenoxy) is 1. The highest BCUT2D eigenvalue weighted by Crippen LogP contribution is 2.18. The van der Waals surface area contributed by atoms with Gasteiger partial charge in [0.05, 0.1) is 12.7 Å². The fourth-order valence-electron chi connectivity index (χ4n) is 1.91. The second-order valence-corrected chi connectivity index (χ2v) is 5.41. The molecule has 0 bridgehead atoms. The number of thiophene rings is 1. The average Bonchev–Trinajstić information content (AvgIpc) is 2.97. The molecule has 2 aromatic rings. The number of amides is 1. The molecular formula is C15H16N2O3S. The zero-order valence-electron chi connectivity index (χ0n) is 11.5. The summed E-state index contributed by atoms with van der Waals surface area (Å²) in [4.78, 5) is 23.9. The Hall–Kier alpha value is -2.18. The van der Waals surface area contributed by atoms with Crippen molar-refractivity contribution in [1.29, 1.82) is 0 Å². The van der Waals surface area contributed by atoms with Crippen LogP contribution in [0.2, 0.25) is 0 Å². The molecule has 0 fully saturated rings. The van der Waals surface area contributed by atoms with E-state index in [2.05, 4.69) is 5.32 Å². The van der Waals surface area contributed by atoms with Crippen LogP contribution in [0, 0.1) is 0 Å². The lowest BCUT2D eigenvalue weighted by atomic mass is 10.1. The van der Waals surface area contributed by atoms with E-state index in [1.165, 1.54) is 18.4 Å². The number of carbonyl (C=O) groups is 2. The Morgan fingerprint density at radius 3 is 2.62 bits per heavy atom. The van der Waals surface area contributed by atoms with Gasteiger partial charge in [-0.1, -0.05) is 30.3 Å². The summed E-state index contributed by atoms with van der Waals surface area (Å²) in [6.45, 7) is 0.451. The topological polar surface area (TPSA) is 81.4 Å². The fraction of sp³-hybridized carbons (Fsp3) is 0.200. The van der Waals surface area contributed by atoms with Gasteiger partial charge >= 0.3 is 5.97 Å². The molecule has 0 spiro atoms. The van der Waals surface area contributed by atoms with E-state index >= 15 is 0 Å². The molecule has 0 aliphatic heterocycles. The van der Waals surface area contributed by atoms with Crippen molar-refractivity contribution in [2.45, 2.75) is 12.6 Å². The molecular weight excluding hydrogens is 288 g/mol. The minimum absolute atomic E-state index is 0.354. The van der Waals surface area contributed by atoms with E-state index in [4.69, 9.17) is 10.5 Å².